The molecule has 0 fully saturated rings. The average Bonchev–Trinajstić information content (AvgIpc) is 3.22. The summed E-state index contributed by atoms with van der Waals surface area (Å²) in [6.45, 7) is 4.02. The Morgan fingerprint density at radius 3 is 2.68 bits per heavy atom. The zero-order valence-corrected chi connectivity index (χ0v) is 16.5. The van der Waals surface area contributed by atoms with Crippen molar-refractivity contribution in [1.82, 2.24) is 24.6 Å². The minimum atomic E-state index is -0.223. The van der Waals surface area contributed by atoms with Gasteiger partial charge in [-0.05, 0) is 49.7 Å². The SMILES string of the molecule is COc1ccc(-n2cnnc2)cc1NC(=O)N(C)[C@@H](C)Cc1cc(C)ccn1. The molecule has 0 unspecified atom stereocenters. The number of hydrogen-bond acceptors (Lipinski definition) is 5. The molecule has 146 valence electrons. The molecule has 3 rings (SSSR count). The smallest absolute Gasteiger partial charge is 0.321 e. The summed E-state index contributed by atoms with van der Waals surface area (Å²) in [7, 11) is 3.34. The van der Waals surface area contributed by atoms with Crippen LogP contribution in [0.4, 0.5) is 10.5 Å². The van der Waals surface area contributed by atoms with Gasteiger partial charge in [0.1, 0.15) is 18.4 Å². The lowest BCUT2D eigenvalue weighted by atomic mass is 10.1. The number of rotatable bonds is 6. The normalized spacial score (nSPS) is 11.7. The zero-order valence-electron chi connectivity index (χ0n) is 16.5. The number of pyridine rings is 1. The Morgan fingerprint density at radius 1 is 1.25 bits per heavy atom. The fourth-order valence-electron chi connectivity index (χ4n) is 2.84. The summed E-state index contributed by atoms with van der Waals surface area (Å²) in [6, 6.07) is 9.23. The third-order valence-electron chi connectivity index (χ3n) is 4.60. The van der Waals surface area contributed by atoms with Crippen molar-refractivity contribution in [3.8, 4) is 11.4 Å². The lowest BCUT2D eigenvalue weighted by Crippen LogP contribution is -2.39. The van der Waals surface area contributed by atoms with Crippen LogP contribution in [0.1, 0.15) is 18.2 Å². The van der Waals surface area contributed by atoms with E-state index in [1.807, 2.05) is 38.1 Å². The Hall–Kier alpha value is -3.42. The van der Waals surface area contributed by atoms with Gasteiger partial charge in [0.15, 0.2) is 0 Å². The molecule has 0 spiro atoms. The van der Waals surface area contributed by atoms with E-state index in [9.17, 15) is 4.79 Å². The van der Waals surface area contributed by atoms with Crippen molar-refractivity contribution in [1.29, 1.82) is 0 Å². The first-order chi connectivity index (χ1) is 13.5. The van der Waals surface area contributed by atoms with E-state index in [0.29, 0.717) is 17.9 Å². The Bertz CT molecular complexity index is 942. The summed E-state index contributed by atoms with van der Waals surface area (Å²) in [4.78, 5) is 18.8. The van der Waals surface area contributed by atoms with Gasteiger partial charge in [0.05, 0.1) is 18.5 Å². The number of ether oxygens (including phenoxy) is 1. The molecule has 0 aliphatic rings. The number of urea groups is 1. The van der Waals surface area contributed by atoms with Crippen LogP contribution in [0.2, 0.25) is 0 Å². The number of anilines is 1. The van der Waals surface area contributed by atoms with Crippen molar-refractivity contribution >= 4 is 11.7 Å². The van der Waals surface area contributed by atoms with Gasteiger partial charge in [0, 0.05) is 31.4 Å². The third kappa shape index (κ3) is 4.46. The van der Waals surface area contributed by atoms with E-state index in [-0.39, 0.29) is 12.1 Å². The molecule has 0 bridgehead atoms. The molecule has 1 N–H and O–H groups in total. The number of carbonyl (C=O) groups is 1. The van der Waals surface area contributed by atoms with Crippen LogP contribution in [0.15, 0.2) is 49.2 Å². The van der Waals surface area contributed by atoms with Crippen LogP contribution in [0.3, 0.4) is 0 Å². The number of nitrogens with zero attached hydrogens (tertiary/aromatic N) is 5. The maximum Gasteiger partial charge on any atom is 0.321 e. The lowest BCUT2D eigenvalue weighted by Gasteiger charge is -2.25. The molecular weight excluding hydrogens is 356 g/mol. The standard InChI is InChI=1S/C20H24N6O2/c1-14-7-8-21-16(9-14)10-15(2)25(3)20(27)24-18-11-17(5-6-19(18)28-4)26-12-22-23-13-26/h5-9,11-13,15H,10H2,1-4H3,(H,24,27)/t15-/m0/s1. The first-order valence-electron chi connectivity index (χ1n) is 8.96. The van der Waals surface area contributed by atoms with Crippen molar-refractivity contribution in [3.05, 3.63) is 60.4 Å². The summed E-state index contributed by atoms with van der Waals surface area (Å²) in [5.74, 6) is 0.576. The first kappa shape index (κ1) is 19.3. The second-order valence-corrected chi connectivity index (χ2v) is 6.67. The molecule has 1 atom stereocenters. The summed E-state index contributed by atoms with van der Waals surface area (Å²) in [6.07, 6.45) is 5.65. The maximum atomic E-state index is 12.8. The van der Waals surface area contributed by atoms with Gasteiger partial charge in [-0.25, -0.2) is 4.79 Å². The minimum absolute atomic E-state index is 0.0265. The van der Waals surface area contributed by atoms with E-state index in [1.54, 1.807) is 48.5 Å². The highest BCUT2D eigenvalue weighted by molar-refractivity contribution is 5.91. The molecule has 2 aromatic heterocycles. The van der Waals surface area contributed by atoms with Gasteiger partial charge in [-0.2, -0.15) is 0 Å². The van der Waals surface area contributed by atoms with Gasteiger partial charge in [-0.1, -0.05) is 0 Å². The van der Waals surface area contributed by atoms with Gasteiger partial charge in [0.25, 0.3) is 0 Å². The Labute approximate surface area is 164 Å². The average molecular weight is 380 g/mol. The minimum Gasteiger partial charge on any atom is -0.495 e. The number of aromatic nitrogens is 4. The Balaban J connectivity index is 1.73. The van der Waals surface area contributed by atoms with E-state index in [4.69, 9.17) is 4.74 Å². The number of methoxy groups -OCH3 is 1. The number of aryl methyl sites for hydroxylation is 1. The Morgan fingerprint density at radius 2 is 2.00 bits per heavy atom. The quantitative estimate of drug-likeness (QED) is 0.710. The molecule has 3 aromatic rings. The molecule has 0 radical (unpaired) electrons. The number of likely N-dealkylation sites (N-methyl/N-ethyl adjacent to an activating group) is 1. The molecule has 0 aliphatic carbocycles. The van der Waals surface area contributed by atoms with Gasteiger partial charge in [0.2, 0.25) is 0 Å². The number of carbonyl (C=O) groups excluding carboxylic acids is 1. The van der Waals surface area contributed by atoms with Crippen LogP contribution < -0.4 is 10.1 Å². The highest BCUT2D eigenvalue weighted by atomic mass is 16.5. The first-order valence-corrected chi connectivity index (χ1v) is 8.96. The van der Waals surface area contributed by atoms with Crippen molar-refractivity contribution in [2.75, 3.05) is 19.5 Å². The fourth-order valence-corrected chi connectivity index (χ4v) is 2.84. The second kappa shape index (κ2) is 8.51. The molecule has 0 saturated carbocycles. The molecule has 2 heterocycles. The monoisotopic (exact) mass is 380 g/mol. The summed E-state index contributed by atoms with van der Waals surface area (Å²) >= 11 is 0. The molecule has 8 nitrogen and oxygen atoms in total. The van der Waals surface area contributed by atoms with E-state index in [2.05, 4.69) is 20.5 Å². The second-order valence-electron chi connectivity index (χ2n) is 6.67. The van der Waals surface area contributed by atoms with Crippen molar-refractivity contribution in [2.24, 2.45) is 0 Å². The van der Waals surface area contributed by atoms with E-state index >= 15 is 0 Å². The van der Waals surface area contributed by atoms with E-state index in [0.717, 1.165) is 16.9 Å². The molecule has 1 aromatic carbocycles. The zero-order chi connectivity index (χ0) is 20.1. The predicted octanol–water partition coefficient (Wildman–Crippen LogP) is 3.07. The molecule has 8 heteroatoms. The molecule has 0 saturated heterocycles. The number of nitrogens with one attached hydrogen (secondary N) is 1. The van der Waals surface area contributed by atoms with Crippen molar-refractivity contribution in [2.45, 2.75) is 26.3 Å². The fraction of sp³-hybridized carbons (Fsp3) is 0.300. The molecule has 0 aliphatic heterocycles. The number of hydrogen-bond donors (Lipinski definition) is 1. The van der Waals surface area contributed by atoms with Gasteiger partial charge < -0.3 is 15.0 Å². The third-order valence-corrected chi connectivity index (χ3v) is 4.60. The van der Waals surface area contributed by atoms with Crippen LogP contribution in [-0.4, -0.2) is 50.9 Å². The largest absolute Gasteiger partial charge is 0.495 e. The van der Waals surface area contributed by atoms with Crippen LogP contribution in [0.25, 0.3) is 5.69 Å². The topological polar surface area (TPSA) is 85.2 Å². The van der Waals surface area contributed by atoms with Crippen LogP contribution >= 0.6 is 0 Å². The molecule has 2 amide bonds. The predicted molar refractivity (Wildman–Crippen MR) is 107 cm³/mol. The maximum absolute atomic E-state index is 12.8. The highest BCUT2D eigenvalue weighted by Crippen LogP contribution is 2.27. The van der Waals surface area contributed by atoms with Gasteiger partial charge >= 0.3 is 6.03 Å². The lowest BCUT2D eigenvalue weighted by molar-refractivity contribution is 0.207. The number of benzene rings is 1. The van der Waals surface area contributed by atoms with Crippen LogP contribution in [-0.2, 0) is 6.42 Å². The van der Waals surface area contributed by atoms with Crippen LogP contribution in [0.5, 0.6) is 5.75 Å². The van der Waals surface area contributed by atoms with Gasteiger partial charge in [-0.3, -0.25) is 9.55 Å². The molecule has 28 heavy (non-hydrogen) atoms. The Kier molecular flexibility index (Phi) is 5.88. The van der Waals surface area contributed by atoms with E-state index in [1.165, 1.54) is 0 Å². The van der Waals surface area contributed by atoms with Gasteiger partial charge in [-0.15, -0.1) is 10.2 Å². The number of amides is 2. The van der Waals surface area contributed by atoms with E-state index < -0.39 is 0 Å². The highest BCUT2D eigenvalue weighted by Gasteiger charge is 2.18. The summed E-state index contributed by atoms with van der Waals surface area (Å²) < 4.78 is 7.14. The van der Waals surface area contributed by atoms with Crippen LogP contribution in [0, 0.1) is 6.92 Å². The van der Waals surface area contributed by atoms with Crippen molar-refractivity contribution < 1.29 is 9.53 Å². The summed E-state index contributed by atoms with van der Waals surface area (Å²) in [5, 5.41) is 10.5. The summed E-state index contributed by atoms with van der Waals surface area (Å²) in [5.41, 5.74) is 3.51. The molecular formula is C20H24N6O2. The van der Waals surface area contributed by atoms with Crippen molar-refractivity contribution in [3.63, 3.8) is 0 Å².